The van der Waals surface area contributed by atoms with E-state index in [2.05, 4.69) is 21.2 Å². The zero-order chi connectivity index (χ0) is 12.4. The van der Waals surface area contributed by atoms with Crippen molar-refractivity contribution in [2.24, 2.45) is 0 Å². The first-order valence-electron chi connectivity index (χ1n) is 5.69. The maximum Gasteiger partial charge on any atom is 0.149 e. The van der Waals surface area contributed by atoms with Crippen LogP contribution in [0.15, 0.2) is 16.6 Å². The largest absolute Gasteiger partial charge is 0.397 e. The maximum atomic E-state index is 13.7. The van der Waals surface area contributed by atoms with E-state index in [-0.39, 0.29) is 11.9 Å². The number of hydrogen-bond acceptors (Lipinski definition) is 3. The van der Waals surface area contributed by atoms with Crippen LogP contribution in [0.3, 0.4) is 0 Å². The van der Waals surface area contributed by atoms with Crippen molar-refractivity contribution < 1.29 is 9.13 Å². The van der Waals surface area contributed by atoms with E-state index in [0.29, 0.717) is 28.6 Å². The van der Waals surface area contributed by atoms with Gasteiger partial charge in [0.15, 0.2) is 0 Å². The van der Waals surface area contributed by atoms with Gasteiger partial charge in [-0.25, -0.2) is 4.39 Å². The van der Waals surface area contributed by atoms with Crippen molar-refractivity contribution >= 4 is 27.3 Å². The first-order valence-corrected chi connectivity index (χ1v) is 6.48. The minimum Gasteiger partial charge on any atom is -0.397 e. The second kappa shape index (κ2) is 5.23. The zero-order valence-corrected chi connectivity index (χ0v) is 11.3. The summed E-state index contributed by atoms with van der Waals surface area (Å²) < 4.78 is 19.9. The van der Waals surface area contributed by atoms with Gasteiger partial charge in [-0.2, -0.15) is 0 Å². The molecule has 0 aromatic heterocycles. The van der Waals surface area contributed by atoms with E-state index in [1.54, 1.807) is 6.07 Å². The SMILES string of the molecule is C[C@@H]1CC[C@H](Nc2c(N)cc(Br)cc2F)CO1. The summed E-state index contributed by atoms with van der Waals surface area (Å²) in [4.78, 5) is 0. The molecular weight excluding hydrogens is 287 g/mol. The number of hydrogen-bond donors (Lipinski definition) is 2. The third-order valence-electron chi connectivity index (χ3n) is 2.94. The average Bonchev–Trinajstić information content (AvgIpc) is 2.26. The number of halogens is 2. The monoisotopic (exact) mass is 302 g/mol. The molecule has 0 radical (unpaired) electrons. The molecule has 1 aliphatic heterocycles. The van der Waals surface area contributed by atoms with E-state index in [1.807, 2.05) is 6.92 Å². The molecule has 94 valence electrons. The van der Waals surface area contributed by atoms with Crippen molar-refractivity contribution in [3.63, 3.8) is 0 Å². The molecule has 3 N–H and O–H groups in total. The average molecular weight is 303 g/mol. The van der Waals surface area contributed by atoms with Crippen molar-refractivity contribution in [3.8, 4) is 0 Å². The fourth-order valence-electron chi connectivity index (χ4n) is 1.95. The number of nitrogens with one attached hydrogen (secondary N) is 1. The molecule has 1 fully saturated rings. The molecule has 1 heterocycles. The van der Waals surface area contributed by atoms with Gasteiger partial charge in [0, 0.05) is 10.5 Å². The molecule has 0 spiro atoms. The van der Waals surface area contributed by atoms with E-state index in [0.717, 1.165) is 12.8 Å². The van der Waals surface area contributed by atoms with Gasteiger partial charge >= 0.3 is 0 Å². The predicted molar refractivity (Wildman–Crippen MR) is 70.6 cm³/mol. The highest BCUT2D eigenvalue weighted by Crippen LogP contribution is 2.29. The Morgan fingerprint density at radius 1 is 1.47 bits per heavy atom. The minimum absolute atomic E-state index is 0.129. The van der Waals surface area contributed by atoms with E-state index < -0.39 is 0 Å². The summed E-state index contributed by atoms with van der Waals surface area (Å²) in [7, 11) is 0. The Balaban J connectivity index is 2.08. The van der Waals surface area contributed by atoms with Crippen molar-refractivity contribution in [1.29, 1.82) is 0 Å². The second-order valence-corrected chi connectivity index (χ2v) is 5.33. The molecule has 0 bridgehead atoms. The quantitative estimate of drug-likeness (QED) is 0.825. The number of anilines is 2. The van der Waals surface area contributed by atoms with Crippen LogP contribution in [0.4, 0.5) is 15.8 Å². The topological polar surface area (TPSA) is 47.3 Å². The number of ether oxygens (including phenoxy) is 1. The first kappa shape index (κ1) is 12.6. The van der Waals surface area contributed by atoms with Gasteiger partial charge in [0.2, 0.25) is 0 Å². The number of nitrogens with two attached hydrogens (primary N) is 1. The van der Waals surface area contributed by atoms with E-state index >= 15 is 0 Å². The van der Waals surface area contributed by atoms with Crippen molar-refractivity contribution in [1.82, 2.24) is 0 Å². The Labute approximate surface area is 109 Å². The zero-order valence-electron chi connectivity index (χ0n) is 9.67. The maximum absolute atomic E-state index is 13.7. The molecule has 0 unspecified atom stereocenters. The Morgan fingerprint density at radius 3 is 2.82 bits per heavy atom. The van der Waals surface area contributed by atoms with Gasteiger partial charge < -0.3 is 15.8 Å². The number of nitrogen functional groups attached to an aromatic ring is 1. The molecule has 0 aliphatic carbocycles. The van der Waals surface area contributed by atoms with E-state index in [9.17, 15) is 4.39 Å². The molecule has 1 aromatic carbocycles. The van der Waals surface area contributed by atoms with Gasteiger partial charge in [0.1, 0.15) is 5.82 Å². The highest BCUT2D eigenvalue weighted by Gasteiger charge is 2.20. The normalized spacial score (nSPS) is 24.6. The van der Waals surface area contributed by atoms with Gasteiger partial charge in [-0.05, 0) is 31.9 Å². The van der Waals surface area contributed by atoms with Crippen LogP contribution < -0.4 is 11.1 Å². The molecule has 17 heavy (non-hydrogen) atoms. The van der Waals surface area contributed by atoms with Crippen LogP contribution in [0.1, 0.15) is 19.8 Å². The number of rotatable bonds is 2. The highest BCUT2D eigenvalue weighted by molar-refractivity contribution is 9.10. The molecule has 2 atom stereocenters. The van der Waals surface area contributed by atoms with Gasteiger partial charge in [-0.3, -0.25) is 0 Å². The van der Waals surface area contributed by atoms with Crippen LogP contribution in [0.25, 0.3) is 0 Å². The van der Waals surface area contributed by atoms with Crippen LogP contribution in [-0.2, 0) is 4.74 Å². The van der Waals surface area contributed by atoms with Gasteiger partial charge in [0.05, 0.1) is 24.1 Å². The highest BCUT2D eigenvalue weighted by atomic mass is 79.9. The molecule has 1 saturated heterocycles. The third kappa shape index (κ3) is 3.10. The lowest BCUT2D eigenvalue weighted by atomic mass is 10.1. The minimum atomic E-state index is -0.338. The summed E-state index contributed by atoms with van der Waals surface area (Å²) in [6.45, 7) is 2.64. The third-order valence-corrected chi connectivity index (χ3v) is 3.40. The van der Waals surface area contributed by atoms with Crippen LogP contribution in [0.2, 0.25) is 0 Å². The lowest BCUT2D eigenvalue weighted by Gasteiger charge is -2.28. The number of benzene rings is 1. The summed E-state index contributed by atoms with van der Waals surface area (Å²) in [5, 5.41) is 3.12. The Kier molecular flexibility index (Phi) is 3.89. The molecule has 1 aromatic rings. The van der Waals surface area contributed by atoms with Crippen molar-refractivity contribution in [2.45, 2.75) is 31.9 Å². The molecule has 0 saturated carbocycles. The van der Waals surface area contributed by atoms with Gasteiger partial charge in [-0.1, -0.05) is 15.9 Å². The molecule has 2 rings (SSSR count). The summed E-state index contributed by atoms with van der Waals surface area (Å²) in [5.74, 6) is -0.338. The molecular formula is C12H16BrFN2O. The Morgan fingerprint density at radius 2 is 2.24 bits per heavy atom. The van der Waals surface area contributed by atoms with Crippen LogP contribution in [0, 0.1) is 5.82 Å². The molecule has 1 aliphatic rings. The van der Waals surface area contributed by atoms with Crippen LogP contribution in [0.5, 0.6) is 0 Å². The van der Waals surface area contributed by atoms with Crippen molar-refractivity contribution in [3.05, 3.63) is 22.4 Å². The second-order valence-electron chi connectivity index (χ2n) is 4.41. The molecule has 5 heteroatoms. The van der Waals surface area contributed by atoms with Gasteiger partial charge in [-0.15, -0.1) is 0 Å². The van der Waals surface area contributed by atoms with E-state index in [1.165, 1.54) is 6.07 Å². The summed E-state index contributed by atoms with van der Waals surface area (Å²) in [5.41, 5.74) is 6.58. The van der Waals surface area contributed by atoms with Crippen LogP contribution >= 0.6 is 15.9 Å². The predicted octanol–water partition coefficient (Wildman–Crippen LogP) is 3.15. The lowest BCUT2D eigenvalue weighted by molar-refractivity contribution is 0.0214. The Bertz CT molecular complexity index is 382. The lowest BCUT2D eigenvalue weighted by Crippen LogP contribution is -2.34. The first-order chi connectivity index (χ1) is 8.06. The standard InChI is InChI=1S/C12H16BrFN2O/c1-7-2-3-9(6-17-7)16-12-10(14)4-8(13)5-11(12)15/h4-5,7,9,16H,2-3,6,15H2,1H3/t7-,9+/m1/s1. The van der Waals surface area contributed by atoms with Crippen LogP contribution in [-0.4, -0.2) is 18.8 Å². The van der Waals surface area contributed by atoms with E-state index in [4.69, 9.17) is 10.5 Å². The summed E-state index contributed by atoms with van der Waals surface area (Å²) in [6, 6.07) is 3.23. The molecule has 0 amide bonds. The Hall–Kier alpha value is -0.810. The fourth-order valence-corrected chi connectivity index (χ4v) is 2.39. The molecule has 3 nitrogen and oxygen atoms in total. The summed E-state index contributed by atoms with van der Waals surface area (Å²) >= 11 is 3.21. The smallest absolute Gasteiger partial charge is 0.149 e. The van der Waals surface area contributed by atoms with Gasteiger partial charge in [0.25, 0.3) is 0 Å². The van der Waals surface area contributed by atoms with Crippen molar-refractivity contribution in [2.75, 3.05) is 17.7 Å². The fraction of sp³-hybridized carbons (Fsp3) is 0.500. The summed E-state index contributed by atoms with van der Waals surface area (Å²) in [6.07, 6.45) is 2.24.